The van der Waals surface area contributed by atoms with Crippen LogP contribution in [-0.4, -0.2) is 34.8 Å². The van der Waals surface area contributed by atoms with Gasteiger partial charge in [0.05, 0.1) is 5.54 Å². The van der Waals surface area contributed by atoms with Gasteiger partial charge in [0.15, 0.2) is 0 Å². The summed E-state index contributed by atoms with van der Waals surface area (Å²) in [6, 6.07) is 11.2. The van der Waals surface area contributed by atoms with Gasteiger partial charge in [-0.15, -0.1) is 0 Å². The number of hydrogen-bond donors (Lipinski definition) is 2. The molecule has 1 unspecified atom stereocenters. The number of rotatable bonds is 7. The molecule has 0 saturated heterocycles. The number of aromatic nitrogens is 1. The van der Waals surface area contributed by atoms with Crippen molar-refractivity contribution in [2.24, 2.45) is 17.6 Å². The molecule has 2 saturated carbocycles. The number of nitrogens with two attached hydrogens (primary N) is 1. The second-order valence-electron chi connectivity index (χ2n) is 9.20. The lowest BCUT2D eigenvalue weighted by Gasteiger charge is -2.34. The second kappa shape index (κ2) is 9.59. The van der Waals surface area contributed by atoms with Gasteiger partial charge in [-0.2, -0.15) is 0 Å². The molecule has 2 amide bonds. The van der Waals surface area contributed by atoms with Crippen molar-refractivity contribution in [3.63, 3.8) is 0 Å². The van der Waals surface area contributed by atoms with Crippen molar-refractivity contribution in [2.75, 3.05) is 12.4 Å². The first-order valence-corrected chi connectivity index (χ1v) is 11.8. The number of pyridine rings is 1. The van der Waals surface area contributed by atoms with E-state index in [9.17, 15) is 9.59 Å². The molecule has 0 bridgehead atoms. The highest BCUT2D eigenvalue weighted by molar-refractivity contribution is 6.30. The van der Waals surface area contributed by atoms with Gasteiger partial charge in [0, 0.05) is 48.5 Å². The summed E-state index contributed by atoms with van der Waals surface area (Å²) in [7, 11) is 1.89. The number of anilines is 1. The Kier molecular flexibility index (Phi) is 6.82. The zero-order chi connectivity index (χ0) is 22.7. The average molecular weight is 455 g/mol. The van der Waals surface area contributed by atoms with Crippen LogP contribution in [0.1, 0.15) is 50.5 Å². The Labute approximate surface area is 194 Å². The van der Waals surface area contributed by atoms with E-state index in [2.05, 4.69) is 10.3 Å². The molecule has 0 radical (unpaired) electrons. The predicted molar refractivity (Wildman–Crippen MR) is 126 cm³/mol. The summed E-state index contributed by atoms with van der Waals surface area (Å²) in [4.78, 5) is 31.4. The monoisotopic (exact) mass is 454 g/mol. The molecule has 7 heteroatoms. The molecule has 1 aromatic heterocycles. The number of carbonyl (C=O) groups excluding carboxylic acids is 2. The van der Waals surface area contributed by atoms with Crippen LogP contribution in [-0.2, 0) is 15.1 Å². The second-order valence-corrected chi connectivity index (χ2v) is 9.63. The third-order valence-electron chi connectivity index (χ3n) is 7.23. The van der Waals surface area contributed by atoms with Gasteiger partial charge in [0.1, 0.15) is 0 Å². The molecule has 1 aromatic carbocycles. The first-order chi connectivity index (χ1) is 15.4. The first kappa shape index (κ1) is 22.7. The zero-order valence-corrected chi connectivity index (χ0v) is 19.2. The van der Waals surface area contributed by atoms with Crippen LogP contribution in [0, 0.1) is 11.8 Å². The molecule has 0 aliphatic heterocycles. The van der Waals surface area contributed by atoms with E-state index in [1.165, 1.54) is 0 Å². The molecule has 2 aromatic rings. The highest BCUT2D eigenvalue weighted by Gasteiger charge is 2.50. The van der Waals surface area contributed by atoms with E-state index < -0.39 is 0 Å². The highest BCUT2D eigenvalue weighted by Crippen LogP contribution is 2.50. The molecule has 2 aliphatic carbocycles. The van der Waals surface area contributed by atoms with Gasteiger partial charge in [-0.05, 0) is 74.3 Å². The SMILES string of the molecule is CN(C(=O)CC(N)C1CCC(C(=O)Nc2ccncc2)CC1)C1(c2ccc(Cl)cc2)CC1. The zero-order valence-electron chi connectivity index (χ0n) is 18.5. The van der Waals surface area contributed by atoms with Crippen LogP contribution in [0.15, 0.2) is 48.8 Å². The third kappa shape index (κ3) is 4.97. The summed E-state index contributed by atoms with van der Waals surface area (Å²) in [6.07, 6.45) is 8.93. The number of carbonyl (C=O) groups is 2. The minimum absolute atomic E-state index is 0.00960. The normalized spacial score (nSPS) is 22.6. The molecule has 0 spiro atoms. The van der Waals surface area contributed by atoms with E-state index in [1.807, 2.05) is 36.2 Å². The standard InChI is InChI=1S/C25H31ClN4O2/c1-30(25(12-13-25)19-6-8-20(26)9-7-19)23(31)16-22(27)17-2-4-18(5-3-17)24(32)29-21-10-14-28-15-11-21/h6-11,14-15,17-18,22H,2-5,12-13,16,27H2,1H3,(H,28,29,32). The van der Waals surface area contributed by atoms with E-state index in [0.717, 1.165) is 49.8 Å². The minimum Gasteiger partial charge on any atom is -0.336 e. The number of hydrogen-bond acceptors (Lipinski definition) is 4. The van der Waals surface area contributed by atoms with E-state index in [4.69, 9.17) is 17.3 Å². The molecule has 32 heavy (non-hydrogen) atoms. The lowest BCUT2D eigenvalue weighted by atomic mass is 9.77. The summed E-state index contributed by atoms with van der Waals surface area (Å²) in [5, 5.41) is 3.67. The number of halogens is 1. The summed E-state index contributed by atoms with van der Waals surface area (Å²) in [6.45, 7) is 0. The van der Waals surface area contributed by atoms with Gasteiger partial charge in [-0.25, -0.2) is 0 Å². The van der Waals surface area contributed by atoms with Crippen LogP contribution in [0.25, 0.3) is 0 Å². The van der Waals surface area contributed by atoms with Gasteiger partial charge in [-0.1, -0.05) is 23.7 Å². The van der Waals surface area contributed by atoms with Gasteiger partial charge in [0.25, 0.3) is 0 Å². The van der Waals surface area contributed by atoms with Gasteiger partial charge in [0.2, 0.25) is 11.8 Å². The summed E-state index contributed by atoms with van der Waals surface area (Å²) >= 11 is 6.02. The summed E-state index contributed by atoms with van der Waals surface area (Å²) in [5.41, 5.74) is 8.17. The van der Waals surface area contributed by atoms with Crippen LogP contribution in [0.5, 0.6) is 0 Å². The van der Waals surface area contributed by atoms with E-state index in [-0.39, 0.29) is 35.2 Å². The molecule has 1 heterocycles. The van der Waals surface area contributed by atoms with Crippen LogP contribution in [0.3, 0.4) is 0 Å². The van der Waals surface area contributed by atoms with Crippen molar-refractivity contribution in [1.29, 1.82) is 0 Å². The van der Waals surface area contributed by atoms with Gasteiger partial charge in [-0.3, -0.25) is 14.6 Å². The van der Waals surface area contributed by atoms with Crippen molar-refractivity contribution >= 4 is 29.1 Å². The first-order valence-electron chi connectivity index (χ1n) is 11.4. The summed E-state index contributed by atoms with van der Waals surface area (Å²) in [5.74, 6) is 0.396. The Morgan fingerprint density at radius 3 is 2.34 bits per heavy atom. The van der Waals surface area contributed by atoms with Crippen molar-refractivity contribution in [3.8, 4) is 0 Å². The number of nitrogens with one attached hydrogen (secondary N) is 1. The largest absolute Gasteiger partial charge is 0.336 e. The lowest BCUT2D eigenvalue weighted by molar-refractivity contribution is -0.134. The summed E-state index contributed by atoms with van der Waals surface area (Å²) < 4.78 is 0. The Balaban J connectivity index is 1.27. The van der Waals surface area contributed by atoms with Crippen LogP contribution >= 0.6 is 11.6 Å². The Hall–Kier alpha value is -2.44. The molecule has 2 aliphatic rings. The van der Waals surface area contributed by atoms with Crippen molar-refractivity contribution < 1.29 is 9.59 Å². The number of amides is 2. The van der Waals surface area contributed by atoms with Gasteiger partial charge < -0.3 is 16.0 Å². The maximum absolute atomic E-state index is 13.0. The highest BCUT2D eigenvalue weighted by atomic mass is 35.5. The minimum atomic E-state index is -0.218. The molecule has 6 nitrogen and oxygen atoms in total. The average Bonchev–Trinajstić information content (AvgIpc) is 3.61. The predicted octanol–water partition coefficient (Wildman–Crippen LogP) is 4.35. The van der Waals surface area contributed by atoms with Crippen LogP contribution < -0.4 is 11.1 Å². The Morgan fingerprint density at radius 2 is 1.75 bits per heavy atom. The maximum Gasteiger partial charge on any atom is 0.227 e. The van der Waals surface area contributed by atoms with Gasteiger partial charge >= 0.3 is 0 Å². The fraction of sp³-hybridized carbons (Fsp3) is 0.480. The smallest absolute Gasteiger partial charge is 0.227 e. The third-order valence-corrected chi connectivity index (χ3v) is 7.48. The fourth-order valence-electron chi connectivity index (χ4n) is 4.93. The van der Waals surface area contributed by atoms with Crippen molar-refractivity contribution in [3.05, 3.63) is 59.4 Å². The molecule has 3 N–H and O–H groups in total. The van der Waals surface area contributed by atoms with E-state index in [1.54, 1.807) is 24.5 Å². The topological polar surface area (TPSA) is 88.3 Å². The van der Waals surface area contributed by atoms with Crippen LogP contribution in [0.4, 0.5) is 5.69 Å². The van der Waals surface area contributed by atoms with Crippen molar-refractivity contribution in [1.82, 2.24) is 9.88 Å². The number of benzene rings is 1. The molecule has 4 rings (SSSR count). The molecular weight excluding hydrogens is 424 g/mol. The van der Waals surface area contributed by atoms with Crippen LogP contribution in [0.2, 0.25) is 5.02 Å². The van der Waals surface area contributed by atoms with Crippen molar-refractivity contribution in [2.45, 2.75) is 56.5 Å². The fourth-order valence-corrected chi connectivity index (χ4v) is 5.06. The molecule has 170 valence electrons. The molecule has 2 fully saturated rings. The lowest BCUT2D eigenvalue weighted by Crippen LogP contribution is -2.43. The van der Waals surface area contributed by atoms with E-state index in [0.29, 0.717) is 11.4 Å². The maximum atomic E-state index is 13.0. The molecular formula is C25H31ClN4O2. The van der Waals surface area contributed by atoms with E-state index >= 15 is 0 Å². The molecule has 1 atom stereocenters. The Bertz CT molecular complexity index is 938. The Morgan fingerprint density at radius 1 is 1.12 bits per heavy atom. The quantitative estimate of drug-likeness (QED) is 0.651. The number of nitrogens with zero attached hydrogens (tertiary/aromatic N) is 2.